The minimum Gasteiger partial charge on any atom is -0.478 e. The number of amides is 1. The summed E-state index contributed by atoms with van der Waals surface area (Å²) in [5, 5.41) is 8.71. The lowest BCUT2D eigenvalue weighted by molar-refractivity contribution is -0.132. The maximum Gasteiger partial charge on any atom is 0.332 e. The van der Waals surface area contributed by atoms with E-state index in [1.54, 1.807) is 12.1 Å². The van der Waals surface area contributed by atoms with Crippen LogP contribution in [0.5, 0.6) is 0 Å². The summed E-state index contributed by atoms with van der Waals surface area (Å²) in [4.78, 5) is 24.0. The van der Waals surface area contributed by atoms with E-state index in [9.17, 15) is 9.59 Å². The van der Waals surface area contributed by atoms with Crippen molar-refractivity contribution in [3.8, 4) is 0 Å². The Bertz CT molecular complexity index is 479. The van der Waals surface area contributed by atoms with Crippen molar-refractivity contribution >= 4 is 11.9 Å². The summed E-state index contributed by atoms with van der Waals surface area (Å²) in [6.45, 7) is 3.95. The molecule has 16 heavy (non-hydrogen) atoms. The molecular formula is C12H11NO3. The molecule has 1 aromatic carbocycles. The third-order valence-electron chi connectivity index (χ3n) is 2.58. The van der Waals surface area contributed by atoms with Crippen LogP contribution in [0.25, 0.3) is 0 Å². The maximum atomic E-state index is 11.8. The summed E-state index contributed by atoms with van der Waals surface area (Å²) in [6.07, 6.45) is 0. The molecule has 82 valence electrons. The highest BCUT2D eigenvalue weighted by Crippen LogP contribution is 2.22. The van der Waals surface area contributed by atoms with Crippen molar-refractivity contribution in [3.05, 3.63) is 47.5 Å². The Morgan fingerprint density at radius 1 is 1.44 bits per heavy atom. The molecule has 0 radical (unpaired) electrons. The Balaban J connectivity index is 2.16. The standard InChI is InChI=1S/C12H11NO3/c1-8(12(15)16)6-13-7-9-4-2-3-5-10(9)11(13)14/h2-5H,1,6-7H2,(H,15,16). The lowest BCUT2D eigenvalue weighted by Gasteiger charge is -2.14. The van der Waals surface area contributed by atoms with E-state index in [1.807, 2.05) is 12.1 Å². The molecule has 1 N–H and O–H groups in total. The molecule has 0 spiro atoms. The van der Waals surface area contributed by atoms with E-state index in [-0.39, 0.29) is 18.0 Å². The van der Waals surface area contributed by atoms with Crippen molar-refractivity contribution < 1.29 is 14.7 Å². The topological polar surface area (TPSA) is 57.6 Å². The molecule has 1 aliphatic heterocycles. The normalized spacial score (nSPS) is 13.8. The lowest BCUT2D eigenvalue weighted by atomic mass is 10.1. The van der Waals surface area contributed by atoms with E-state index in [2.05, 4.69) is 6.58 Å². The average Bonchev–Trinajstić information content (AvgIpc) is 2.56. The highest BCUT2D eigenvalue weighted by atomic mass is 16.4. The Morgan fingerprint density at radius 3 is 2.75 bits per heavy atom. The summed E-state index contributed by atoms with van der Waals surface area (Å²) < 4.78 is 0. The first-order valence-corrected chi connectivity index (χ1v) is 4.88. The predicted octanol–water partition coefficient (Wildman–Crippen LogP) is 1.28. The van der Waals surface area contributed by atoms with Gasteiger partial charge in [-0.3, -0.25) is 4.79 Å². The van der Waals surface area contributed by atoms with E-state index in [4.69, 9.17) is 5.11 Å². The first-order valence-electron chi connectivity index (χ1n) is 4.88. The Morgan fingerprint density at radius 2 is 2.12 bits per heavy atom. The van der Waals surface area contributed by atoms with Gasteiger partial charge < -0.3 is 10.0 Å². The fraction of sp³-hybridized carbons (Fsp3) is 0.167. The summed E-state index contributed by atoms with van der Waals surface area (Å²) in [7, 11) is 0. The molecule has 4 nitrogen and oxygen atoms in total. The van der Waals surface area contributed by atoms with E-state index in [0.29, 0.717) is 12.1 Å². The Labute approximate surface area is 92.8 Å². The van der Waals surface area contributed by atoms with Gasteiger partial charge in [-0.1, -0.05) is 24.8 Å². The van der Waals surface area contributed by atoms with Gasteiger partial charge in [0.1, 0.15) is 0 Å². The van der Waals surface area contributed by atoms with Crippen LogP contribution < -0.4 is 0 Å². The van der Waals surface area contributed by atoms with Crippen LogP contribution in [0.4, 0.5) is 0 Å². The second kappa shape index (κ2) is 3.81. The number of carbonyl (C=O) groups is 2. The number of carboxylic acids is 1. The summed E-state index contributed by atoms with van der Waals surface area (Å²) >= 11 is 0. The van der Waals surface area contributed by atoms with Gasteiger partial charge in [-0.15, -0.1) is 0 Å². The zero-order valence-electron chi connectivity index (χ0n) is 8.64. The third-order valence-corrected chi connectivity index (χ3v) is 2.58. The zero-order chi connectivity index (χ0) is 11.7. The van der Waals surface area contributed by atoms with Gasteiger partial charge in [0, 0.05) is 17.7 Å². The van der Waals surface area contributed by atoms with Crippen LogP contribution >= 0.6 is 0 Å². The predicted molar refractivity (Wildman–Crippen MR) is 58.0 cm³/mol. The van der Waals surface area contributed by atoms with Crippen LogP contribution in [0.15, 0.2) is 36.4 Å². The molecule has 0 fully saturated rings. The number of carboxylic acid groups (broad SMARTS) is 1. The second-order valence-electron chi connectivity index (χ2n) is 3.73. The van der Waals surface area contributed by atoms with Crippen LogP contribution in [0.1, 0.15) is 15.9 Å². The van der Waals surface area contributed by atoms with Gasteiger partial charge in [0.15, 0.2) is 0 Å². The number of hydrogen-bond donors (Lipinski definition) is 1. The number of aliphatic carboxylic acids is 1. The molecule has 4 heteroatoms. The number of benzene rings is 1. The van der Waals surface area contributed by atoms with Gasteiger partial charge in [0.2, 0.25) is 0 Å². The van der Waals surface area contributed by atoms with Crippen molar-refractivity contribution in [2.24, 2.45) is 0 Å². The number of hydrogen-bond acceptors (Lipinski definition) is 2. The fourth-order valence-electron chi connectivity index (χ4n) is 1.74. The Hall–Kier alpha value is -2.10. The molecule has 1 amide bonds. The number of fused-ring (bicyclic) bond motifs is 1. The van der Waals surface area contributed by atoms with E-state index >= 15 is 0 Å². The monoisotopic (exact) mass is 217 g/mol. The number of rotatable bonds is 3. The summed E-state index contributed by atoms with van der Waals surface area (Å²) in [6, 6.07) is 7.28. The molecule has 2 rings (SSSR count). The third kappa shape index (κ3) is 1.69. The summed E-state index contributed by atoms with van der Waals surface area (Å²) in [5.74, 6) is -1.19. The van der Waals surface area contributed by atoms with Crippen molar-refractivity contribution in [3.63, 3.8) is 0 Å². The maximum absolute atomic E-state index is 11.8. The summed E-state index contributed by atoms with van der Waals surface area (Å²) in [5.41, 5.74) is 1.62. The first kappa shape index (κ1) is 10.4. The molecule has 0 atom stereocenters. The molecule has 1 aliphatic rings. The molecule has 0 bridgehead atoms. The largest absolute Gasteiger partial charge is 0.478 e. The second-order valence-corrected chi connectivity index (χ2v) is 3.73. The van der Waals surface area contributed by atoms with Crippen LogP contribution in [-0.2, 0) is 11.3 Å². The molecule has 1 heterocycles. The minimum atomic E-state index is -1.07. The molecule has 0 aromatic heterocycles. The number of nitrogens with zero attached hydrogens (tertiary/aromatic N) is 1. The van der Waals surface area contributed by atoms with Gasteiger partial charge in [0.25, 0.3) is 5.91 Å². The van der Waals surface area contributed by atoms with Crippen LogP contribution in [0, 0.1) is 0 Å². The van der Waals surface area contributed by atoms with Gasteiger partial charge in [-0.05, 0) is 11.6 Å². The molecular weight excluding hydrogens is 206 g/mol. The van der Waals surface area contributed by atoms with Gasteiger partial charge in [0.05, 0.1) is 6.54 Å². The fourth-order valence-corrected chi connectivity index (χ4v) is 1.74. The Kier molecular flexibility index (Phi) is 2.48. The van der Waals surface area contributed by atoms with E-state index in [0.717, 1.165) is 5.56 Å². The van der Waals surface area contributed by atoms with Crippen LogP contribution in [0.2, 0.25) is 0 Å². The SMILES string of the molecule is C=C(CN1Cc2ccccc2C1=O)C(=O)O. The van der Waals surface area contributed by atoms with Crippen molar-refractivity contribution in [1.29, 1.82) is 0 Å². The quantitative estimate of drug-likeness (QED) is 0.776. The molecule has 0 saturated heterocycles. The van der Waals surface area contributed by atoms with E-state index in [1.165, 1.54) is 4.90 Å². The molecule has 1 aromatic rings. The molecule has 0 unspecified atom stereocenters. The van der Waals surface area contributed by atoms with Crippen molar-refractivity contribution in [1.82, 2.24) is 4.90 Å². The average molecular weight is 217 g/mol. The van der Waals surface area contributed by atoms with Crippen LogP contribution in [-0.4, -0.2) is 28.4 Å². The van der Waals surface area contributed by atoms with E-state index < -0.39 is 5.97 Å². The van der Waals surface area contributed by atoms with Crippen LogP contribution in [0.3, 0.4) is 0 Å². The zero-order valence-corrected chi connectivity index (χ0v) is 8.64. The smallest absolute Gasteiger partial charge is 0.332 e. The number of carbonyl (C=O) groups excluding carboxylic acids is 1. The first-order chi connectivity index (χ1) is 7.59. The van der Waals surface area contributed by atoms with Crippen molar-refractivity contribution in [2.75, 3.05) is 6.54 Å². The molecule has 0 saturated carbocycles. The van der Waals surface area contributed by atoms with Gasteiger partial charge in [-0.25, -0.2) is 4.79 Å². The van der Waals surface area contributed by atoms with Gasteiger partial charge >= 0.3 is 5.97 Å². The van der Waals surface area contributed by atoms with Gasteiger partial charge in [-0.2, -0.15) is 0 Å². The lowest BCUT2D eigenvalue weighted by Crippen LogP contribution is -2.28. The van der Waals surface area contributed by atoms with Crippen molar-refractivity contribution in [2.45, 2.75) is 6.54 Å². The minimum absolute atomic E-state index is 0.0288. The highest BCUT2D eigenvalue weighted by Gasteiger charge is 2.27. The molecule has 0 aliphatic carbocycles. The highest BCUT2D eigenvalue weighted by molar-refractivity contribution is 5.99.